The van der Waals surface area contributed by atoms with Crippen molar-refractivity contribution in [1.82, 2.24) is 17.9 Å². The first-order valence-corrected chi connectivity index (χ1v) is 18.0. The Morgan fingerprint density at radius 2 is 0.538 bits per heavy atom. The number of hydrogen-bond acceptors (Lipinski definition) is 0. The smallest absolute Gasteiger partial charge is 0.0783 e. The topological polar surface area (TPSA) is 18.7 Å². The maximum absolute atomic E-state index is 2.52. The van der Waals surface area contributed by atoms with Gasteiger partial charge in [0.2, 0.25) is 0 Å². The van der Waals surface area contributed by atoms with Crippen molar-refractivity contribution in [2.24, 2.45) is 0 Å². The van der Waals surface area contributed by atoms with Crippen LogP contribution >= 0.6 is 0 Å². The first-order chi connectivity index (χ1) is 25.8. The highest BCUT2D eigenvalue weighted by atomic mass is 15.0. The molecule has 0 aliphatic carbocycles. The van der Waals surface area contributed by atoms with Crippen molar-refractivity contribution in [2.45, 2.75) is 0 Å². The summed E-state index contributed by atoms with van der Waals surface area (Å²) < 4.78 is 9.89. The lowest BCUT2D eigenvalue weighted by molar-refractivity contribution is 1.18. The van der Waals surface area contributed by atoms with Crippen LogP contribution in [0, 0.1) is 0 Å². The minimum absolute atomic E-state index is 1.17. The third-order valence-electron chi connectivity index (χ3n) is 11.7. The summed E-state index contributed by atoms with van der Waals surface area (Å²) in [7, 11) is 0. The highest BCUT2D eigenvalue weighted by Crippen LogP contribution is 2.43. The molecule has 0 spiro atoms. The quantitative estimate of drug-likeness (QED) is 0.164. The van der Waals surface area contributed by atoms with Gasteiger partial charge in [-0.25, -0.2) is 0 Å². The fourth-order valence-electron chi connectivity index (χ4n) is 9.61. The lowest BCUT2D eigenvalue weighted by Crippen LogP contribution is -1.98. The molecule has 0 unspecified atom stereocenters. The van der Waals surface area contributed by atoms with E-state index in [1.807, 2.05) is 0 Å². The predicted octanol–water partition coefficient (Wildman–Crippen LogP) is 12.4. The van der Waals surface area contributed by atoms with Gasteiger partial charge in [0.05, 0.1) is 55.2 Å². The largest absolute Gasteiger partial charge is 0.309 e. The van der Waals surface area contributed by atoms with E-state index in [1.165, 1.54) is 110 Å². The van der Waals surface area contributed by atoms with Gasteiger partial charge >= 0.3 is 0 Å². The lowest BCUT2D eigenvalue weighted by Gasteiger charge is -2.12. The molecule has 0 saturated heterocycles. The Morgan fingerprint density at radius 3 is 0.923 bits per heavy atom. The van der Waals surface area contributed by atoms with E-state index in [0.717, 1.165) is 0 Å². The van der Waals surface area contributed by atoms with E-state index in [-0.39, 0.29) is 0 Å². The van der Waals surface area contributed by atoms with Crippen molar-refractivity contribution in [1.29, 1.82) is 0 Å². The monoisotopic (exact) mass is 660 g/mol. The third-order valence-corrected chi connectivity index (χ3v) is 11.7. The zero-order chi connectivity index (χ0) is 33.7. The minimum atomic E-state index is 1.17. The van der Waals surface area contributed by atoms with Crippen LogP contribution in [0.25, 0.3) is 110 Å². The summed E-state index contributed by atoms with van der Waals surface area (Å²) in [6, 6.07) is 62.7. The first kappa shape index (κ1) is 26.8. The molecule has 0 aliphatic heterocycles. The van der Waals surface area contributed by atoms with E-state index in [0.29, 0.717) is 0 Å². The third kappa shape index (κ3) is 3.15. The van der Waals surface area contributed by atoms with Crippen molar-refractivity contribution in [3.05, 3.63) is 170 Å². The molecule has 0 radical (unpaired) electrons. The Hall–Kier alpha value is -7.04. The Kier molecular flexibility index (Phi) is 4.83. The molecule has 0 atom stereocenters. The molecule has 0 saturated carbocycles. The number of rotatable bonds is 2. The van der Waals surface area contributed by atoms with Gasteiger partial charge in [0.1, 0.15) is 0 Å². The summed E-state index contributed by atoms with van der Waals surface area (Å²) in [6.07, 6.45) is 0. The summed E-state index contributed by atoms with van der Waals surface area (Å²) in [6.45, 7) is 0. The van der Waals surface area contributed by atoms with Crippen molar-refractivity contribution in [3.8, 4) is 11.4 Å². The predicted molar refractivity (Wildman–Crippen MR) is 218 cm³/mol. The lowest BCUT2D eigenvalue weighted by atomic mass is 10.1. The molecule has 5 aromatic heterocycles. The van der Waals surface area contributed by atoms with Gasteiger partial charge in [0.25, 0.3) is 0 Å². The average molecular weight is 661 g/mol. The van der Waals surface area contributed by atoms with Crippen LogP contribution in [-0.2, 0) is 0 Å². The van der Waals surface area contributed by atoms with Crippen molar-refractivity contribution < 1.29 is 0 Å². The normalized spacial score (nSPS) is 12.6. The van der Waals surface area contributed by atoms with Crippen molar-refractivity contribution >= 4 is 98.3 Å². The molecule has 0 amide bonds. The van der Waals surface area contributed by atoms with E-state index in [9.17, 15) is 0 Å². The van der Waals surface area contributed by atoms with Gasteiger partial charge in [-0.3, -0.25) is 0 Å². The van der Waals surface area contributed by atoms with E-state index in [4.69, 9.17) is 0 Å². The van der Waals surface area contributed by atoms with Gasteiger partial charge in [-0.05, 0) is 60.7 Å². The second-order valence-electron chi connectivity index (χ2n) is 14.2. The Bertz CT molecular complexity index is 3290. The van der Waals surface area contributed by atoms with Gasteiger partial charge in [-0.15, -0.1) is 0 Å². The van der Waals surface area contributed by atoms with Crippen LogP contribution in [-0.4, -0.2) is 17.9 Å². The van der Waals surface area contributed by atoms with Crippen LogP contribution in [0.15, 0.2) is 170 Å². The number of nitrogens with zero attached hydrogens (tertiary/aromatic N) is 4. The van der Waals surface area contributed by atoms with E-state index >= 15 is 0 Å². The SMILES string of the molecule is c1ccc2c(c1)c1ccccc1n2-c1ccc2c3cccc4c3n(c2c1)c1cccc2c3ccc(-n5c6ccccc6c6ccccc65)cc3n4c21. The molecular weight excluding hydrogens is 633 g/mol. The van der Waals surface area contributed by atoms with Gasteiger partial charge in [0.15, 0.2) is 0 Å². The molecule has 0 aliphatic rings. The Balaban J connectivity index is 1.16. The molecule has 4 nitrogen and oxygen atoms in total. The summed E-state index contributed by atoms with van der Waals surface area (Å²) in [4.78, 5) is 0. The van der Waals surface area contributed by atoms with Gasteiger partial charge in [-0.2, -0.15) is 0 Å². The van der Waals surface area contributed by atoms with E-state index in [1.54, 1.807) is 0 Å². The molecule has 5 heterocycles. The molecule has 13 rings (SSSR count). The molecule has 8 aromatic carbocycles. The van der Waals surface area contributed by atoms with Crippen LogP contribution in [0.2, 0.25) is 0 Å². The summed E-state index contributed by atoms with van der Waals surface area (Å²) >= 11 is 0. The summed E-state index contributed by atoms with van der Waals surface area (Å²) in [5, 5.41) is 10.2. The van der Waals surface area contributed by atoms with E-state index < -0.39 is 0 Å². The molecule has 52 heavy (non-hydrogen) atoms. The van der Waals surface area contributed by atoms with Crippen LogP contribution in [0.3, 0.4) is 0 Å². The number of benzene rings is 8. The van der Waals surface area contributed by atoms with Crippen LogP contribution in [0.5, 0.6) is 0 Å². The molecule has 13 aromatic rings. The van der Waals surface area contributed by atoms with Gasteiger partial charge in [-0.1, -0.05) is 109 Å². The highest BCUT2D eigenvalue weighted by molar-refractivity contribution is 6.22. The average Bonchev–Trinajstić information content (AvgIpc) is 3.93. The number of hydrogen-bond donors (Lipinski definition) is 0. The van der Waals surface area contributed by atoms with Crippen molar-refractivity contribution in [2.75, 3.05) is 0 Å². The minimum Gasteiger partial charge on any atom is -0.309 e. The molecule has 0 N–H and O–H groups in total. The molecular formula is C48H28N4. The number of aromatic nitrogens is 4. The van der Waals surface area contributed by atoms with Crippen LogP contribution in [0.1, 0.15) is 0 Å². The Morgan fingerprint density at radius 1 is 0.231 bits per heavy atom. The van der Waals surface area contributed by atoms with Crippen LogP contribution in [0.4, 0.5) is 0 Å². The maximum atomic E-state index is 2.52. The van der Waals surface area contributed by atoms with E-state index in [2.05, 4.69) is 188 Å². The van der Waals surface area contributed by atoms with Crippen molar-refractivity contribution in [3.63, 3.8) is 0 Å². The summed E-state index contributed by atoms with van der Waals surface area (Å²) in [5.74, 6) is 0. The molecule has 0 fully saturated rings. The molecule has 240 valence electrons. The summed E-state index contributed by atoms with van der Waals surface area (Å²) in [5.41, 5.74) is 14.6. The second kappa shape index (κ2) is 9.39. The zero-order valence-corrected chi connectivity index (χ0v) is 28.0. The number of fused-ring (bicyclic) bond motifs is 14. The standard InChI is InChI=1S/C48H28N4/c1-5-17-39-31(11-1)32-12-2-6-18-40(32)49(39)29-23-25-35-37-15-9-22-44-47(37)51(45(35)27-29)43-21-10-16-38-36-26-24-30(28-46(36)52(44)48(38)43)50-41-19-7-3-13-33(41)34-14-4-8-20-42(34)50/h1-28H. The molecule has 0 bridgehead atoms. The number of para-hydroxylation sites is 6. The second-order valence-corrected chi connectivity index (χ2v) is 14.2. The van der Waals surface area contributed by atoms with Gasteiger partial charge < -0.3 is 17.9 Å². The zero-order valence-electron chi connectivity index (χ0n) is 28.0. The van der Waals surface area contributed by atoms with Crippen LogP contribution < -0.4 is 0 Å². The maximum Gasteiger partial charge on any atom is 0.0783 e. The molecule has 4 heteroatoms. The highest BCUT2D eigenvalue weighted by Gasteiger charge is 2.22. The fourth-order valence-corrected chi connectivity index (χ4v) is 9.61. The Labute approximate surface area is 296 Å². The fraction of sp³-hybridized carbons (Fsp3) is 0. The first-order valence-electron chi connectivity index (χ1n) is 18.0. The van der Waals surface area contributed by atoms with Gasteiger partial charge in [0, 0.05) is 54.5 Å².